The monoisotopic (exact) mass is 460 g/mol. The van der Waals surface area contributed by atoms with Gasteiger partial charge in [-0.1, -0.05) is 0 Å². The summed E-state index contributed by atoms with van der Waals surface area (Å²) in [6, 6.07) is 13.7. The molecule has 0 aliphatic heterocycles. The molecule has 0 fully saturated rings. The Balaban J connectivity index is 1.52. The van der Waals surface area contributed by atoms with E-state index in [-0.39, 0.29) is 11.4 Å². The number of hydrogen-bond donors (Lipinski definition) is 1. The van der Waals surface area contributed by atoms with E-state index in [1.54, 1.807) is 36.5 Å². The van der Waals surface area contributed by atoms with Gasteiger partial charge in [-0.15, -0.1) is 0 Å². The van der Waals surface area contributed by atoms with Crippen molar-refractivity contribution in [3.05, 3.63) is 86.9 Å². The average molecular weight is 460 g/mol. The Labute approximate surface area is 195 Å². The maximum atomic E-state index is 12.5. The summed E-state index contributed by atoms with van der Waals surface area (Å²) >= 11 is 0. The molecule has 1 N–H and O–H groups in total. The first-order valence-electron chi connectivity index (χ1n) is 10.7. The highest BCUT2D eigenvalue weighted by Gasteiger charge is 2.15. The largest absolute Gasteiger partial charge is 0.494 e. The lowest BCUT2D eigenvalue weighted by atomic mass is 10.1. The van der Waals surface area contributed by atoms with Crippen LogP contribution in [0.3, 0.4) is 0 Å². The van der Waals surface area contributed by atoms with Crippen LogP contribution in [0.5, 0.6) is 5.75 Å². The second kappa shape index (κ2) is 9.22. The van der Waals surface area contributed by atoms with E-state index in [4.69, 9.17) is 9.15 Å². The SMILES string of the molecule is CCOc1ccc2oc(C(=O)N/N=C/c3cc(C)n(-c4ccc([N+](=O)[O-])cc4C)c3C)cc2c1. The van der Waals surface area contributed by atoms with E-state index in [0.717, 1.165) is 33.6 Å². The number of carbonyl (C=O) groups excluding carboxylic acids is 1. The first-order valence-corrected chi connectivity index (χ1v) is 10.7. The number of ether oxygens (including phenoxy) is 1. The minimum atomic E-state index is -0.467. The van der Waals surface area contributed by atoms with Gasteiger partial charge in [-0.25, -0.2) is 5.43 Å². The van der Waals surface area contributed by atoms with Crippen LogP contribution in [0.1, 0.15) is 40.0 Å². The predicted molar refractivity (Wildman–Crippen MR) is 129 cm³/mol. The molecule has 2 aromatic carbocycles. The standard InChI is InChI=1S/C25H24N4O5/c1-5-33-21-7-9-23-18(12-21)13-24(34-23)25(30)27-26-14-19-11-16(3)28(17(19)4)22-8-6-20(29(31)32)10-15(22)2/h6-14H,5H2,1-4H3,(H,27,30)/b26-14+. The highest BCUT2D eigenvalue weighted by molar-refractivity contribution is 5.97. The topological polar surface area (TPSA) is 112 Å². The maximum Gasteiger partial charge on any atom is 0.307 e. The molecule has 34 heavy (non-hydrogen) atoms. The van der Waals surface area contributed by atoms with E-state index in [9.17, 15) is 14.9 Å². The molecule has 4 rings (SSSR count). The lowest BCUT2D eigenvalue weighted by molar-refractivity contribution is -0.384. The summed E-state index contributed by atoms with van der Waals surface area (Å²) < 4.78 is 13.1. The fourth-order valence-electron chi connectivity index (χ4n) is 3.90. The number of hydrazone groups is 1. The van der Waals surface area contributed by atoms with Gasteiger partial charge in [0.25, 0.3) is 5.69 Å². The highest BCUT2D eigenvalue weighted by Crippen LogP contribution is 2.26. The summed E-state index contributed by atoms with van der Waals surface area (Å²) in [6.07, 6.45) is 1.56. The van der Waals surface area contributed by atoms with Gasteiger partial charge in [-0.3, -0.25) is 14.9 Å². The number of non-ortho nitro benzene ring substituents is 1. The van der Waals surface area contributed by atoms with Crippen LogP contribution in [-0.4, -0.2) is 28.2 Å². The number of aromatic nitrogens is 1. The Kier molecular flexibility index (Phi) is 6.18. The van der Waals surface area contributed by atoms with Crippen molar-refractivity contribution < 1.29 is 18.9 Å². The van der Waals surface area contributed by atoms with E-state index >= 15 is 0 Å². The van der Waals surface area contributed by atoms with Crippen molar-refractivity contribution in [2.24, 2.45) is 5.10 Å². The second-order valence-corrected chi connectivity index (χ2v) is 7.83. The van der Waals surface area contributed by atoms with Gasteiger partial charge in [0.1, 0.15) is 11.3 Å². The van der Waals surface area contributed by atoms with Gasteiger partial charge in [-0.05, 0) is 69.7 Å². The Bertz CT molecular complexity index is 1430. The van der Waals surface area contributed by atoms with Gasteiger partial charge >= 0.3 is 5.91 Å². The van der Waals surface area contributed by atoms with Crippen LogP contribution >= 0.6 is 0 Å². The van der Waals surface area contributed by atoms with Crippen molar-refractivity contribution >= 4 is 28.8 Å². The minimum Gasteiger partial charge on any atom is -0.494 e. The Hall–Kier alpha value is -4.40. The molecule has 0 saturated heterocycles. The van der Waals surface area contributed by atoms with Gasteiger partial charge < -0.3 is 13.7 Å². The van der Waals surface area contributed by atoms with Crippen molar-refractivity contribution in [1.82, 2.24) is 9.99 Å². The third-order valence-electron chi connectivity index (χ3n) is 5.49. The summed E-state index contributed by atoms with van der Waals surface area (Å²) in [4.78, 5) is 23.1. The third-order valence-corrected chi connectivity index (χ3v) is 5.49. The van der Waals surface area contributed by atoms with Gasteiger partial charge in [0, 0.05) is 40.2 Å². The van der Waals surface area contributed by atoms with Crippen molar-refractivity contribution in [3.8, 4) is 11.4 Å². The molecule has 0 aliphatic rings. The summed E-state index contributed by atoms with van der Waals surface area (Å²) in [5, 5.41) is 15.9. The van der Waals surface area contributed by atoms with E-state index in [2.05, 4.69) is 10.5 Å². The Morgan fingerprint density at radius 1 is 1.18 bits per heavy atom. The number of nitro groups is 1. The number of aryl methyl sites for hydroxylation is 2. The molecule has 4 aromatic rings. The predicted octanol–water partition coefficient (Wildman–Crippen LogP) is 5.22. The van der Waals surface area contributed by atoms with Crippen LogP contribution < -0.4 is 10.2 Å². The molecule has 2 aromatic heterocycles. The normalized spacial score (nSPS) is 11.3. The zero-order valence-electron chi connectivity index (χ0n) is 19.3. The molecule has 0 bridgehead atoms. The van der Waals surface area contributed by atoms with Gasteiger partial charge in [-0.2, -0.15) is 5.10 Å². The molecule has 174 valence electrons. The molecule has 0 unspecified atom stereocenters. The van der Waals surface area contributed by atoms with Crippen molar-refractivity contribution in [3.63, 3.8) is 0 Å². The fraction of sp³-hybridized carbons (Fsp3) is 0.200. The molecule has 0 saturated carbocycles. The van der Waals surface area contributed by atoms with Crippen LogP contribution in [0.2, 0.25) is 0 Å². The van der Waals surface area contributed by atoms with Crippen LogP contribution in [0.25, 0.3) is 16.7 Å². The molecular weight excluding hydrogens is 436 g/mol. The number of carbonyl (C=O) groups is 1. The van der Waals surface area contributed by atoms with Crippen LogP contribution in [0.15, 0.2) is 58.0 Å². The second-order valence-electron chi connectivity index (χ2n) is 7.83. The lowest BCUT2D eigenvalue weighted by Gasteiger charge is -2.12. The van der Waals surface area contributed by atoms with Gasteiger partial charge in [0.15, 0.2) is 5.76 Å². The van der Waals surface area contributed by atoms with Crippen molar-refractivity contribution in [2.45, 2.75) is 27.7 Å². The zero-order chi connectivity index (χ0) is 24.4. The summed E-state index contributed by atoms with van der Waals surface area (Å²) in [6.45, 7) is 8.15. The highest BCUT2D eigenvalue weighted by atomic mass is 16.6. The quantitative estimate of drug-likeness (QED) is 0.231. The number of rotatable bonds is 7. The number of hydrogen-bond acceptors (Lipinski definition) is 6. The van der Waals surface area contributed by atoms with E-state index in [1.807, 2.05) is 44.4 Å². The number of nitrogens with zero attached hydrogens (tertiary/aromatic N) is 3. The van der Waals surface area contributed by atoms with Gasteiger partial charge in [0.05, 0.1) is 17.7 Å². The number of furan rings is 1. The molecular formula is C25H24N4O5. The molecule has 0 spiro atoms. The Morgan fingerprint density at radius 2 is 1.97 bits per heavy atom. The molecule has 1 amide bonds. The summed E-state index contributed by atoms with van der Waals surface area (Å²) in [5.41, 5.74) is 7.39. The number of nitrogens with one attached hydrogen (secondary N) is 1. The van der Waals surface area contributed by atoms with E-state index < -0.39 is 10.8 Å². The van der Waals surface area contributed by atoms with E-state index in [0.29, 0.717) is 17.9 Å². The molecule has 0 atom stereocenters. The molecule has 9 nitrogen and oxygen atoms in total. The number of amides is 1. The summed E-state index contributed by atoms with van der Waals surface area (Å²) in [5.74, 6) is 0.387. The Morgan fingerprint density at radius 3 is 2.68 bits per heavy atom. The molecule has 0 radical (unpaired) electrons. The molecule has 9 heteroatoms. The fourth-order valence-corrected chi connectivity index (χ4v) is 3.90. The minimum absolute atomic E-state index is 0.0490. The lowest BCUT2D eigenvalue weighted by Crippen LogP contribution is -2.16. The smallest absolute Gasteiger partial charge is 0.307 e. The van der Waals surface area contributed by atoms with Gasteiger partial charge in [0.2, 0.25) is 0 Å². The van der Waals surface area contributed by atoms with Crippen molar-refractivity contribution in [1.29, 1.82) is 0 Å². The van der Waals surface area contributed by atoms with Crippen molar-refractivity contribution in [2.75, 3.05) is 6.61 Å². The number of nitro benzene ring substituents is 1. The summed E-state index contributed by atoms with van der Waals surface area (Å²) in [7, 11) is 0. The number of benzene rings is 2. The zero-order valence-corrected chi connectivity index (χ0v) is 19.3. The van der Waals surface area contributed by atoms with Crippen LogP contribution in [0, 0.1) is 30.9 Å². The molecule has 0 aliphatic carbocycles. The van der Waals surface area contributed by atoms with Crippen LogP contribution in [0.4, 0.5) is 5.69 Å². The van der Waals surface area contributed by atoms with E-state index in [1.165, 1.54) is 6.07 Å². The average Bonchev–Trinajstić information content (AvgIpc) is 3.34. The molecule has 2 heterocycles. The first-order chi connectivity index (χ1) is 16.3. The maximum absolute atomic E-state index is 12.5. The van der Waals surface area contributed by atoms with Crippen LogP contribution in [-0.2, 0) is 0 Å². The first kappa shape index (κ1) is 22.8. The third kappa shape index (κ3) is 4.40. The number of fused-ring (bicyclic) bond motifs is 1.